The molecule has 11 heteroatoms. The number of nitrogens with one attached hydrogen (secondary N) is 1. The molecule has 9 nitrogen and oxygen atoms in total. The third kappa shape index (κ3) is 3.47. The molecule has 1 fully saturated rings. The topological polar surface area (TPSA) is 104 Å². The lowest BCUT2D eigenvalue weighted by atomic mass is 10.2. The fourth-order valence-electron chi connectivity index (χ4n) is 2.58. The normalized spacial score (nSPS) is 14.2. The van der Waals surface area contributed by atoms with Gasteiger partial charge in [0.05, 0.1) is 31.6 Å². The number of carbonyl (C=O) groups excluding carboxylic acids is 2. The highest BCUT2D eigenvalue weighted by molar-refractivity contribution is 5.84. The second-order valence-corrected chi connectivity index (χ2v) is 5.74. The Balaban J connectivity index is 1.84. The van der Waals surface area contributed by atoms with E-state index in [-0.39, 0.29) is 37.0 Å². The Labute approximate surface area is 146 Å². The molecule has 0 saturated carbocycles. The summed E-state index contributed by atoms with van der Waals surface area (Å²) in [5, 5.41) is 19.2. The maximum Gasteiger partial charge on any atom is 0.245 e. The lowest BCUT2D eigenvalue weighted by Crippen LogP contribution is -2.28. The quantitative estimate of drug-likeness (QED) is 0.756. The first kappa shape index (κ1) is 17.7. The van der Waals surface area contributed by atoms with Crippen LogP contribution in [0, 0.1) is 11.6 Å². The van der Waals surface area contributed by atoms with Gasteiger partial charge in [-0.05, 0) is 0 Å². The first-order chi connectivity index (χ1) is 12.4. The summed E-state index contributed by atoms with van der Waals surface area (Å²) < 4.78 is 30.1. The first-order valence-electron chi connectivity index (χ1n) is 7.67. The zero-order valence-corrected chi connectivity index (χ0v) is 13.8. The van der Waals surface area contributed by atoms with Crippen molar-refractivity contribution in [1.29, 1.82) is 0 Å². The molecule has 2 heterocycles. The van der Waals surface area contributed by atoms with Crippen molar-refractivity contribution in [2.24, 2.45) is 0 Å². The minimum absolute atomic E-state index is 0.104. The maximum absolute atomic E-state index is 14.5. The molecule has 0 unspecified atom stereocenters. The summed E-state index contributed by atoms with van der Waals surface area (Å²) in [7, 11) is 0. The van der Waals surface area contributed by atoms with Gasteiger partial charge in [-0.15, -0.1) is 5.10 Å². The van der Waals surface area contributed by atoms with E-state index in [9.17, 15) is 18.4 Å². The largest absolute Gasteiger partial charge is 0.376 e. The molecule has 1 aliphatic heterocycles. The Hall–Kier alpha value is -3.08. The second kappa shape index (κ2) is 7.04. The van der Waals surface area contributed by atoms with Gasteiger partial charge in [-0.3, -0.25) is 9.59 Å². The third-order valence-corrected chi connectivity index (χ3v) is 3.83. The lowest BCUT2D eigenvalue weighted by molar-refractivity contribution is -0.129. The molecule has 2 amide bonds. The van der Waals surface area contributed by atoms with Gasteiger partial charge in [0.15, 0.2) is 11.6 Å². The van der Waals surface area contributed by atoms with E-state index in [2.05, 4.69) is 15.6 Å². The molecule has 0 atom stereocenters. The zero-order valence-electron chi connectivity index (χ0n) is 13.8. The van der Waals surface area contributed by atoms with Gasteiger partial charge in [0.2, 0.25) is 11.8 Å². The molecule has 2 N–H and O–H groups in total. The molecule has 2 aromatic rings. The van der Waals surface area contributed by atoms with Gasteiger partial charge in [0, 0.05) is 19.1 Å². The molecular formula is C15H16F2N6O3. The van der Waals surface area contributed by atoms with Crippen LogP contribution in [0.15, 0.2) is 18.3 Å². The molecule has 1 aromatic heterocycles. The van der Waals surface area contributed by atoms with Crippen molar-refractivity contribution in [2.75, 3.05) is 24.8 Å². The molecule has 138 valence electrons. The number of halogens is 2. The number of anilines is 1. The van der Waals surface area contributed by atoms with Gasteiger partial charge < -0.3 is 20.2 Å². The predicted octanol–water partition coefficient (Wildman–Crippen LogP) is -0.263. The molecule has 3 rings (SSSR count). The summed E-state index contributed by atoms with van der Waals surface area (Å²) in [5.74, 6) is -2.40. The molecule has 1 saturated heterocycles. The highest BCUT2D eigenvalue weighted by Crippen LogP contribution is 2.28. The molecule has 0 radical (unpaired) electrons. The number of benzene rings is 1. The van der Waals surface area contributed by atoms with Gasteiger partial charge in [0.25, 0.3) is 0 Å². The number of hydrogen-bond acceptors (Lipinski definition) is 6. The number of amides is 2. The average molecular weight is 366 g/mol. The number of nitrogens with zero attached hydrogens (tertiary/aromatic N) is 5. The van der Waals surface area contributed by atoms with Gasteiger partial charge in [0.1, 0.15) is 18.1 Å². The highest BCUT2D eigenvalue weighted by atomic mass is 19.1. The third-order valence-electron chi connectivity index (χ3n) is 3.83. The van der Waals surface area contributed by atoms with Crippen molar-refractivity contribution in [2.45, 2.75) is 13.5 Å². The summed E-state index contributed by atoms with van der Waals surface area (Å²) in [6, 6.07) is 2.14. The van der Waals surface area contributed by atoms with Crippen LogP contribution in [-0.2, 0) is 16.1 Å². The minimum atomic E-state index is -0.869. The van der Waals surface area contributed by atoms with Gasteiger partial charge in [-0.1, -0.05) is 5.21 Å². The van der Waals surface area contributed by atoms with Crippen LogP contribution in [0.25, 0.3) is 5.69 Å². The van der Waals surface area contributed by atoms with Crippen molar-refractivity contribution in [3.8, 4) is 5.69 Å². The van der Waals surface area contributed by atoms with E-state index in [1.54, 1.807) is 0 Å². The van der Waals surface area contributed by atoms with E-state index in [0.717, 1.165) is 17.0 Å². The molecule has 1 aliphatic rings. The van der Waals surface area contributed by atoms with Crippen LogP contribution >= 0.6 is 0 Å². The lowest BCUT2D eigenvalue weighted by Gasteiger charge is -2.19. The average Bonchev–Trinajstić information content (AvgIpc) is 3.19. The summed E-state index contributed by atoms with van der Waals surface area (Å²) in [4.78, 5) is 24.8. The maximum atomic E-state index is 14.5. The van der Waals surface area contributed by atoms with E-state index >= 15 is 0 Å². The van der Waals surface area contributed by atoms with E-state index in [0.29, 0.717) is 5.69 Å². The van der Waals surface area contributed by atoms with Crippen LogP contribution in [-0.4, -0.2) is 56.8 Å². The van der Waals surface area contributed by atoms with Crippen LogP contribution in [0.4, 0.5) is 14.5 Å². The van der Waals surface area contributed by atoms with E-state index in [4.69, 9.17) is 5.11 Å². The summed E-state index contributed by atoms with van der Waals surface area (Å²) in [5.41, 5.74) is 0.181. The highest BCUT2D eigenvalue weighted by Gasteiger charge is 2.30. The number of aliphatic hydroxyl groups is 1. The van der Waals surface area contributed by atoms with Crippen molar-refractivity contribution >= 4 is 17.5 Å². The number of aliphatic hydroxyl groups excluding tert-OH is 1. The first-order valence-corrected chi connectivity index (χ1v) is 7.67. The Morgan fingerprint density at radius 1 is 1.35 bits per heavy atom. The molecule has 0 aliphatic carbocycles. The van der Waals surface area contributed by atoms with Crippen LogP contribution in [0.5, 0.6) is 0 Å². The standard InChI is InChI=1S/C15H16F2N6O3/c1-9(25)18-4-10-5-23(20-19-10)11-2-12(16)15(13(17)3-11)21-6-14(26)22(7-21)8-24/h2-3,5,24H,4,6-8H2,1H3,(H,18,25). The summed E-state index contributed by atoms with van der Waals surface area (Å²) in [6.45, 7) is 0.650. The number of rotatable bonds is 5. The van der Waals surface area contributed by atoms with Gasteiger partial charge in [-0.25, -0.2) is 13.5 Å². The smallest absolute Gasteiger partial charge is 0.245 e. The Morgan fingerprint density at radius 3 is 2.62 bits per heavy atom. The fourth-order valence-corrected chi connectivity index (χ4v) is 2.58. The van der Waals surface area contributed by atoms with Crippen molar-refractivity contribution in [3.63, 3.8) is 0 Å². The van der Waals surface area contributed by atoms with Crippen LogP contribution in [0.2, 0.25) is 0 Å². The second-order valence-electron chi connectivity index (χ2n) is 5.74. The van der Waals surface area contributed by atoms with Crippen LogP contribution in [0.1, 0.15) is 12.6 Å². The number of hydrogen-bond donors (Lipinski definition) is 2. The van der Waals surface area contributed by atoms with E-state index in [1.165, 1.54) is 22.7 Å². The molecule has 0 bridgehead atoms. The Kier molecular flexibility index (Phi) is 4.80. The van der Waals surface area contributed by atoms with E-state index < -0.39 is 24.3 Å². The van der Waals surface area contributed by atoms with Crippen molar-refractivity contribution in [1.82, 2.24) is 25.2 Å². The van der Waals surface area contributed by atoms with Crippen LogP contribution in [0.3, 0.4) is 0 Å². The van der Waals surface area contributed by atoms with Crippen LogP contribution < -0.4 is 10.2 Å². The fraction of sp³-hybridized carbons (Fsp3) is 0.333. The molecule has 1 aromatic carbocycles. The monoisotopic (exact) mass is 366 g/mol. The molecule has 26 heavy (non-hydrogen) atoms. The summed E-state index contributed by atoms with van der Waals surface area (Å²) in [6.07, 6.45) is 1.44. The zero-order chi connectivity index (χ0) is 18.8. The Morgan fingerprint density at radius 2 is 2.04 bits per heavy atom. The number of aromatic nitrogens is 3. The van der Waals surface area contributed by atoms with Crippen molar-refractivity contribution < 1.29 is 23.5 Å². The molecular weight excluding hydrogens is 350 g/mol. The SMILES string of the molecule is CC(=O)NCc1cn(-c2cc(F)c(N3CC(=O)N(CO)C3)c(F)c2)nn1. The van der Waals surface area contributed by atoms with Gasteiger partial charge >= 0.3 is 0 Å². The minimum Gasteiger partial charge on any atom is -0.376 e. The summed E-state index contributed by atoms with van der Waals surface area (Å²) >= 11 is 0. The number of carbonyl (C=O) groups is 2. The van der Waals surface area contributed by atoms with Gasteiger partial charge in [-0.2, -0.15) is 0 Å². The Bertz CT molecular complexity index is 833. The van der Waals surface area contributed by atoms with Crippen molar-refractivity contribution in [3.05, 3.63) is 35.7 Å². The predicted molar refractivity (Wildman–Crippen MR) is 84.9 cm³/mol. The van der Waals surface area contributed by atoms with E-state index in [1.807, 2.05) is 0 Å². The molecule has 0 spiro atoms.